The summed E-state index contributed by atoms with van der Waals surface area (Å²) >= 11 is 0. The summed E-state index contributed by atoms with van der Waals surface area (Å²) in [7, 11) is 1.64. The van der Waals surface area contributed by atoms with Crippen molar-refractivity contribution in [2.45, 2.75) is 33.9 Å². The molecule has 0 spiro atoms. The van der Waals surface area contributed by atoms with Crippen molar-refractivity contribution < 1.29 is 23.8 Å². The first kappa shape index (κ1) is 22.9. The van der Waals surface area contributed by atoms with E-state index in [1.54, 1.807) is 32.2 Å². The van der Waals surface area contributed by atoms with E-state index in [0.29, 0.717) is 24.2 Å². The predicted molar refractivity (Wildman–Crippen MR) is 134 cm³/mol. The molecule has 0 fully saturated rings. The fraction of sp³-hybridized carbons (Fsp3) is 0.259. The maximum absolute atomic E-state index is 14.4. The van der Waals surface area contributed by atoms with E-state index >= 15 is 0 Å². The van der Waals surface area contributed by atoms with Gasteiger partial charge < -0.3 is 23.7 Å². The Morgan fingerprint density at radius 3 is 2.54 bits per heavy atom. The zero-order valence-corrected chi connectivity index (χ0v) is 20.1. The minimum Gasteiger partial charge on any atom is -0.449 e. The maximum atomic E-state index is 14.4. The number of imidazole rings is 1. The van der Waals surface area contributed by atoms with E-state index in [-0.39, 0.29) is 11.6 Å². The molecule has 0 amide bonds. The Balaban J connectivity index is 1.78. The van der Waals surface area contributed by atoms with Crippen LogP contribution in [0, 0.1) is 19.7 Å². The van der Waals surface area contributed by atoms with Gasteiger partial charge >= 0.3 is 6.16 Å². The van der Waals surface area contributed by atoms with Gasteiger partial charge in [0.1, 0.15) is 17.4 Å². The minimum absolute atomic E-state index is 0.250. The summed E-state index contributed by atoms with van der Waals surface area (Å²) in [5.41, 5.74) is 5.99. The highest BCUT2D eigenvalue weighted by Gasteiger charge is 2.20. The molecule has 0 saturated heterocycles. The standard InChI is InChI=1S/C27H26FN3O4/c1-5-30-21-7-6-17(13-19(21)20-14-18(28)12-15(2)25(20)30)26-29-24-16(3)23(35-27(32)33)9-8-22(24)31(26)10-11-34-4/h6-9,12-14H,5,10-11H2,1-4H3,(H,32,33). The number of carboxylic acid groups (broad SMARTS) is 1. The Hall–Kier alpha value is -3.91. The molecule has 180 valence electrons. The molecule has 1 N–H and O–H groups in total. The molecule has 0 atom stereocenters. The number of nitrogens with zero attached hydrogens (tertiary/aromatic N) is 3. The van der Waals surface area contributed by atoms with Gasteiger partial charge in [0.05, 0.1) is 23.2 Å². The van der Waals surface area contributed by atoms with Crippen LogP contribution in [0.4, 0.5) is 9.18 Å². The van der Waals surface area contributed by atoms with Crippen LogP contribution < -0.4 is 4.74 Å². The highest BCUT2D eigenvalue weighted by molar-refractivity contribution is 6.10. The summed E-state index contributed by atoms with van der Waals surface area (Å²) in [5.74, 6) is 0.713. The van der Waals surface area contributed by atoms with Gasteiger partial charge in [0.25, 0.3) is 0 Å². The summed E-state index contributed by atoms with van der Waals surface area (Å²) in [5, 5.41) is 10.9. The number of ether oxygens (including phenoxy) is 2. The number of methoxy groups -OCH3 is 1. The van der Waals surface area contributed by atoms with Gasteiger partial charge in [-0.15, -0.1) is 0 Å². The lowest BCUT2D eigenvalue weighted by Gasteiger charge is -2.10. The van der Waals surface area contributed by atoms with E-state index in [0.717, 1.165) is 50.8 Å². The van der Waals surface area contributed by atoms with Crippen LogP contribution in [0.15, 0.2) is 42.5 Å². The molecule has 8 heteroatoms. The van der Waals surface area contributed by atoms with E-state index in [2.05, 4.69) is 28.2 Å². The molecule has 3 aromatic carbocycles. The monoisotopic (exact) mass is 475 g/mol. The Labute approximate surface area is 201 Å². The van der Waals surface area contributed by atoms with Gasteiger partial charge in [0, 0.05) is 47.6 Å². The van der Waals surface area contributed by atoms with Gasteiger partial charge in [0.15, 0.2) is 0 Å². The summed E-state index contributed by atoms with van der Waals surface area (Å²) in [6, 6.07) is 12.7. The molecule has 0 saturated carbocycles. The first-order valence-electron chi connectivity index (χ1n) is 11.5. The van der Waals surface area contributed by atoms with E-state index < -0.39 is 6.16 Å². The van der Waals surface area contributed by atoms with Crippen LogP contribution in [0.5, 0.6) is 5.75 Å². The first-order valence-corrected chi connectivity index (χ1v) is 11.5. The molecular formula is C27H26FN3O4. The van der Waals surface area contributed by atoms with Crippen molar-refractivity contribution in [2.24, 2.45) is 0 Å². The number of aryl methyl sites for hydroxylation is 3. The lowest BCUT2D eigenvalue weighted by atomic mass is 10.1. The number of benzene rings is 3. The lowest BCUT2D eigenvalue weighted by Crippen LogP contribution is -2.06. The summed E-state index contributed by atoms with van der Waals surface area (Å²) in [6.45, 7) is 7.61. The summed E-state index contributed by atoms with van der Waals surface area (Å²) < 4.78 is 28.9. The number of hydrogen-bond donors (Lipinski definition) is 1. The molecule has 2 heterocycles. The van der Waals surface area contributed by atoms with E-state index in [1.165, 1.54) is 0 Å². The largest absolute Gasteiger partial charge is 0.511 e. The van der Waals surface area contributed by atoms with E-state index in [4.69, 9.17) is 19.6 Å². The highest BCUT2D eigenvalue weighted by Crippen LogP contribution is 2.36. The summed E-state index contributed by atoms with van der Waals surface area (Å²) in [6.07, 6.45) is -1.37. The Bertz CT molecular complexity index is 1620. The summed E-state index contributed by atoms with van der Waals surface area (Å²) in [4.78, 5) is 16.0. The van der Waals surface area contributed by atoms with Gasteiger partial charge in [-0.25, -0.2) is 14.2 Å². The van der Waals surface area contributed by atoms with Crippen molar-refractivity contribution in [3.8, 4) is 17.1 Å². The van der Waals surface area contributed by atoms with Crippen LogP contribution in [0.2, 0.25) is 0 Å². The number of rotatable bonds is 6. The molecule has 5 rings (SSSR count). The lowest BCUT2D eigenvalue weighted by molar-refractivity contribution is 0.144. The Kier molecular flexibility index (Phi) is 5.68. The first-order chi connectivity index (χ1) is 16.8. The average Bonchev–Trinajstić information content (AvgIpc) is 3.35. The number of hydrogen-bond acceptors (Lipinski definition) is 4. The average molecular weight is 476 g/mol. The fourth-order valence-electron chi connectivity index (χ4n) is 5.01. The van der Waals surface area contributed by atoms with Gasteiger partial charge in [-0.3, -0.25) is 0 Å². The molecule has 7 nitrogen and oxygen atoms in total. The van der Waals surface area contributed by atoms with Crippen LogP contribution in [0.1, 0.15) is 18.1 Å². The van der Waals surface area contributed by atoms with Crippen molar-refractivity contribution in [1.82, 2.24) is 14.1 Å². The third kappa shape index (κ3) is 3.70. The van der Waals surface area contributed by atoms with E-state index in [9.17, 15) is 9.18 Å². The topological polar surface area (TPSA) is 78.5 Å². The van der Waals surface area contributed by atoms with Crippen LogP contribution in [-0.2, 0) is 17.8 Å². The third-order valence-corrected chi connectivity index (χ3v) is 6.53. The smallest absolute Gasteiger partial charge is 0.449 e. The van der Waals surface area contributed by atoms with Gasteiger partial charge in [-0.2, -0.15) is 0 Å². The molecule has 0 aliphatic rings. The Morgan fingerprint density at radius 2 is 1.83 bits per heavy atom. The minimum atomic E-state index is -1.37. The quantitative estimate of drug-likeness (QED) is 0.231. The molecule has 5 aromatic rings. The maximum Gasteiger partial charge on any atom is 0.511 e. The second kappa shape index (κ2) is 8.70. The van der Waals surface area contributed by atoms with Crippen molar-refractivity contribution in [3.05, 3.63) is 59.4 Å². The number of aromatic nitrogens is 3. The molecule has 0 bridgehead atoms. The van der Waals surface area contributed by atoms with E-state index in [1.807, 2.05) is 19.1 Å². The van der Waals surface area contributed by atoms with Crippen LogP contribution in [0.3, 0.4) is 0 Å². The van der Waals surface area contributed by atoms with Crippen molar-refractivity contribution in [3.63, 3.8) is 0 Å². The van der Waals surface area contributed by atoms with Gasteiger partial charge in [-0.05, 0) is 68.8 Å². The molecule has 35 heavy (non-hydrogen) atoms. The molecule has 0 aliphatic carbocycles. The highest BCUT2D eigenvalue weighted by atomic mass is 19.1. The van der Waals surface area contributed by atoms with Crippen LogP contribution in [0.25, 0.3) is 44.2 Å². The van der Waals surface area contributed by atoms with Crippen LogP contribution >= 0.6 is 0 Å². The SMILES string of the molecule is CCn1c2ccc(-c3nc4c(C)c(OC(=O)O)ccc4n3CCOC)cc2c2cc(F)cc(C)c21. The molecule has 2 aromatic heterocycles. The van der Waals surface area contributed by atoms with Crippen molar-refractivity contribution in [1.29, 1.82) is 0 Å². The van der Waals surface area contributed by atoms with Crippen LogP contribution in [-0.4, -0.2) is 39.1 Å². The van der Waals surface area contributed by atoms with Gasteiger partial charge in [-0.1, -0.05) is 0 Å². The normalized spacial score (nSPS) is 11.7. The van der Waals surface area contributed by atoms with Crippen molar-refractivity contribution in [2.75, 3.05) is 13.7 Å². The Morgan fingerprint density at radius 1 is 1.06 bits per heavy atom. The number of fused-ring (bicyclic) bond motifs is 4. The zero-order valence-electron chi connectivity index (χ0n) is 20.1. The fourth-order valence-corrected chi connectivity index (χ4v) is 5.01. The van der Waals surface area contributed by atoms with Crippen molar-refractivity contribution >= 4 is 39.0 Å². The second-order valence-corrected chi connectivity index (χ2v) is 8.60. The predicted octanol–water partition coefficient (Wildman–Crippen LogP) is 6.29. The molecular weight excluding hydrogens is 449 g/mol. The molecule has 0 unspecified atom stereocenters. The number of carbonyl (C=O) groups is 1. The second-order valence-electron chi connectivity index (χ2n) is 8.60. The number of halogens is 1. The molecule has 0 aliphatic heterocycles. The molecule has 0 radical (unpaired) electrons. The van der Waals surface area contributed by atoms with Gasteiger partial charge in [0.2, 0.25) is 0 Å². The third-order valence-electron chi connectivity index (χ3n) is 6.53. The zero-order chi connectivity index (χ0) is 24.9.